The van der Waals surface area contributed by atoms with Crippen molar-refractivity contribution in [1.29, 1.82) is 0 Å². The molecule has 2 aromatic rings. The van der Waals surface area contributed by atoms with E-state index in [1.165, 1.54) is 0 Å². The van der Waals surface area contributed by atoms with Crippen LogP contribution in [-0.4, -0.2) is 10.2 Å². The first-order valence-electron chi connectivity index (χ1n) is 5.50. The van der Waals surface area contributed by atoms with Gasteiger partial charge >= 0.3 is 0 Å². The van der Waals surface area contributed by atoms with Crippen molar-refractivity contribution in [2.45, 2.75) is 12.8 Å². The van der Waals surface area contributed by atoms with Crippen LogP contribution in [0.15, 0.2) is 36.6 Å². The lowest BCUT2D eigenvalue weighted by Crippen LogP contribution is -2.02. The van der Waals surface area contributed by atoms with Gasteiger partial charge in [-0.05, 0) is 11.5 Å². The van der Waals surface area contributed by atoms with E-state index in [1.807, 2.05) is 31.2 Å². The van der Waals surface area contributed by atoms with Crippen LogP contribution >= 0.6 is 0 Å². The van der Waals surface area contributed by atoms with Crippen LogP contribution in [-0.2, 0) is 0 Å². The summed E-state index contributed by atoms with van der Waals surface area (Å²) in [4.78, 5) is 0. The second-order valence-electron chi connectivity index (χ2n) is 4.22. The fraction of sp³-hybridized carbons (Fsp3) is 0.143. The number of ether oxygens (including phenoxy) is 1. The molecule has 1 heterocycles. The van der Waals surface area contributed by atoms with Gasteiger partial charge in [0.1, 0.15) is 0 Å². The minimum atomic E-state index is -0.185. The molecule has 1 atom stereocenters. The van der Waals surface area contributed by atoms with Gasteiger partial charge in [0.15, 0.2) is 11.5 Å². The van der Waals surface area contributed by atoms with Crippen LogP contribution in [0.2, 0.25) is 0 Å². The van der Waals surface area contributed by atoms with Crippen LogP contribution in [0.25, 0.3) is 10.8 Å². The Balaban J connectivity index is 2.49. The number of hydrogen-bond acceptors (Lipinski definition) is 3. The summed E-state index contributed by atoms with van der Waals surface area (Å²) in [6, 6.07) is 7.45. The van der Waals surface area contributed by atoms with E-state index in [2.05, 4.69) is 0 Å². The highest BCUT2D eigenvalue weighted by molar-refractivity contribution is 5.96. The second-order valence-corrected chi connectivity index (χ2v) is 4.22. The standard InChI is InChI=1S/C14H12O3/c1-8-6-7-17-14-11(8)9-4-2-3-5-10(9)12(15)13(14)16/h2-8,15-16H,1H3. The van der Waals surface area contributed by atoms with Crippen molar-refractivity contribution in [3.05, 3.63) is 42.2 Å². The molecule has 1 unspecified atom stereocenters. The molecule has 86 valence electrons. The van der Waals surface area contributed by atoms with Gasteiger partial charge in [0.05, 0.1) is 6.26 Å². The van der Waals surface area contributed by atoms with Gasteiger partial charge in [0.2, 0.25) is 5.75 Å². The van der Waals surface area contributed by atoms with E-state index >= 15 is 0 Å². The Kier molecular flexibility index (Phi) is 2.01. The predicted octanol–water partition coefficient (Wildman–Crippen LogP) is 3.26. The van der Waals surface area contributed by atoms with E-state index in [4.69, 9.17) is 4.74 Å². The molecule has 3 heteroatoms. The Hall–Kier alpha value is -2.16. The van der Waals surface area contributed by atoms with Gasteiger partial charge in [-0.3, -0.25) is 0 Å². The minimum Gasteiger partial charge on any atom is -0.504 e. The summed E-state index contributed by atoms with van der Waals surface area (Å²) in [5, 5.41) is 21.5. The second kappa shape index (κ2) is 3.42. The fourth-order valence-electron chi connectivity index (χ4n) is 2.30. The molecule has 0 amide bonds. The summed E-state index contributed by atoms with van der Waals surface area (Å²) in [5.74, 6) is 0.197. The van der Waals surface area contributed by atoms with Gasteiger partial charge in [0, 0.05) is 16.9 Å². The van der Waals surface area contributed by atoms with Gasteiger partial charge in [-0.2, -0.15) is 0 Å². The van der Waals surface area contributed by atoms with Crippen LogP contribution in [0.4, 0.5) is 0 Å². The molecule has 2 N–H and O–H groups in total. The molecule has 0 spiro atoms. The quantitative estimate of drug-likeness (QED) is 0.680. The first-order chi connectivity index (χ1) is 8.20. The van der Waals surface area contributed by atoms with E-state index in [1.54, 1.807) is 12.3 Å². The SMILES string of the molecule is CC1C=COc2c(O)c(O)c3ccccc3c21. The lowest BCUT2D eigenvalue weighted by atomic mass is 9.91. The summed E-state index contributed by atoms with van der Waals surface area (Å²) in [7, 11) is 0. The van der Waals surface area contributed by atoms with Crippen LogP contribution in [0.5, 0.6) is 17.2 Å². The van der Waals surface area contributed by atoms with E-state index < -0.39 is 0 Å². The number of fused-ring (bicyclic) bond motifs is 3. The molecule has 3 rings (SSSR count). The Bertz CT molecular complexity index is 629. The molecule has 0 aliphatic carbocycles. The molecular weight excluding hydrogens is 216 g/mol. The van der Waals surface area contributed by atoms with Crippen molar-refractivity contribution in [3.8, 4) is 17.2 Å². The summed E-state index contributed by atoms with van der Waals surface area (Å²) in [5.41, 5.74) is 0.915. The normalized spacial score (nSPS) is 17.8. The average molecular weight is 228 g/mol. The average Bonchev–Trinajstić information content (AvgIpc) is 2.36. The number of rotatable bonds is 0. The van der Waals surface area contributed by atoms with Crippen molar-refractivity contribution in [2.75, 3.05) is 0 Å². The van der Waals surface area contributed by atoms with Gasteiger partial charge in [-0.25, -0.2) is 0 Å². The Labute approximate surface area is 98.6 Å². The zero-order valence-corrected chi connectivity index (χ0v) is 9.34. The number of phenols is 2. The fourth-order valence-corrected chi connectivity index (χ4v) is 2.30. The van der Waals surface area contributed by atoms with Crippen molar-refractivity contribution in [1.82, 2.24) is 0 Å². The smallest absolute Gasteiger partial charge is 0.202 e. The first-order valence-corrected chi connectivity index (χ1v) is 5.50. The van der Waals surface area contributed by atoms with E-state index in [0.29, 0.717) is 11.1 Å². The molecular formula is C14H12O3. The van der Waals surface area contributed by atoms with Crippen LogP contribution in [0.1, 0.15) is 18.4 Å². The zero-order valence-electron chi connectivity index (χ0n) is 9.34. The molecule has 0 fully saturated rings. The summed E-state index contributed by atoms with van der Waals surface area (Å²) in [6.45, 7) is 2.03. The third kappa shape index (κ3) is 1.29. The number of hydrogen-bond donors (Lipinski definition) is 2. The maximum atomic E-state index is 9.95. The zero-order chi connectivity index (χ0) is 12.0. The van der Waals surface area contributed by atoms with Gasteiger partial charge < -0.3 is 14.9 Å². The highest BCUT2D eigenvalue weighted by Gasteiger charge is 2.24. The summed E-state index contributed by atoms with van der Waals surface area (Å²) in [6.07, 6.45) is 3.46. The molecule has 2 aromatic carbocycles. The monoisotopic (exact) mass is 228 g/mol. The van der Waals surface area contributed by atoms with E-state index in [0.717, 1.165) is 10.9 Å². The molecule has 0 aromatic heterocycles. The number of aromatic hydroxyl groups is 2. The highest BCUT2D eigenvalue weighted by atomic mass is 16.5. The third-order valence-electron chi connectivity index (χ3n) is 3.16. The summed E-state index contributed by atoms with van der Waals surface area (Å²) >= 11 is 0. The predicted molar refractivity (Wildman–Crippen MR) is 65.5 cm³/mol. The molecule has 0 saturated heterocycles. The molecule has 1 aliphatic heterocycles. The Morgan fingerprint density at radius 1 is 1.06 bits per heavy atom. The topological polar surface area (TPSA) is 49.7 Å². The van der Waals surface area contributed by atoms with Gasteiger partial charge in [-0.1, -0.05) is 31.2 Å². The van der Waals surface area contributed by atoms with E-state index in [9.17, 15) is 10.2 Å². The Morgan fingerprint density at radius 3 is 2.53 bits per heavy atom. The van der Waals surface area contributed by atoms with Crippen LogP contribution in [0, 0.1) is 0 Å². The maximum absolute atomic E-state index is 9.95. The first kappa shape index (κ1) is 10.0. The lowest BCUT2D eigenvalue weighted by molar-refractivity contribution is 0.368. The Morgan fingerprint density at radius 2 is 1.76 bits per heavy atom. The molecule has 0 saturated carbocycles. The minimum absolute atomic E-state index is 0.123. The van der Waals surface area contributed by atoms with Gasteiger partial charge in [-0.15, -0.1) is 0 Å². The molecule has 3 nitrogen and oxygen atoms in total. The van der Waals surface area contributed by atoms with Crippen molar-refractivity contribution in [2.24, 2.45) is 0 Å². The molecule has 0 bridgehead atoms. The van der Waals surface area contributed by atoms with Crippen molar-refractivity contribution in [3.63, 3.8) is 0 Å². The number of benzene rings is 2. The molecule has 0 radical (unpaired) electrons. The highest BCUT2D eigenvalue weighted by Crippen LogP contribution is 2.49. The number of phenolic OH excluding ortho intramolecular Hbond substituents is 2. The van der Waals surface area contributed by atoms with Crippen LogP contribution < -0.4 is 4.74 Å². The van der Waals surface area contributed by atoms with Crippen molar-refractivity contribution >= 4 is 10.8 Å². The van der Waals surface area contributed by atoms with Crippen molar-refractivity contribution < 1.29 is 14.9 Å². The van der Waals surface area contributed by atoms with Crippen LogP contribution in [0.3, 0.4) is 0 Å². The largest absolute Gasteiger partial charge is 0.504 e. The maximum Gasteiger partial charge on any atom is 0.202 e. The number of allylic oxidation sites excluding steroid dienone is 1. The summed E-state index contributed by atoms with van der Waals surface area (Å²) < 4.78 is 5.32. The third-order valence-corrected chi connectivity index (χ3v) is 3.16. The lowest BCUT2D eigenvalue weighted by Gasteiger charge is -2.21. The van der Waals surface area contributed by atoms with E-state index in [-0.39, 0.29) is 17.4 Å². The van der Waals surface area contributed by atoms with Gasteiger partial charge in [0.25, 0.3) is 0 Å². The molecule has 1 aliphatic rings. The molecule has 17 heavy (non-hydrogen) atoms.